The Kier molecular flexibility index (Phi) is 10.6. The molecule has 0 fully saturated rings. The summed E-state index contributed by atoms with van der Waals surface area (Å²) in [6.07, 6.45) is 0. The second-order valence-corrected chi connectivity index (χ2v) is 5.96. The van der Waals surface area contributed by atoms with E-state index in [-0.39, 0.29) is 29.5 Å². The third kappa shape index (κ3) is 7.93. The number of benzene rings is 1. The molecule has 1 heterocycles. The summed E-state index contributed by atoms with van der Waals surface area (Å²) in [5.74, 6) is 0.859. The van der Waals surface area contributed by atoms with Crippen molar-refractivity contribution in [2.75, 3.05) is 34.0 Å². The summed E-state index contributed by atoms with van der Waals surface area (Å²) in [5, 5.41) is 6.06. The molecule has 11 nitrogen and oxygen atoms in total. The number of hydrogen-bond acceptors (Lipinski definition) is 8. The van der Waals surface area contributed by atoms with Gasteiger partial charge in [-0.1, -0.05) is 0 Å². The van der Waals surface area contributed by atoms with E-state index in [0.717, 1.165) is 0 Å². The molecule has 0 unspecified atom stereocenters. The Bertz CT molecular complexity index is 955. The normalized spacial score (nSPS) is 9.80. The molecule has 0 radical (unpaired) electrons. The molecule has 0 spiro atoms. The van der Waals surface area contributed by atoms with E-state index in [2.05, 4.69) is 21.2 Å². The van der Waals surface area contributed by atoms with Crippen molar-refractivity contribution in [1.82, 2.24) is 9.55 Å². The first-order chi connectivity index (χ1) is 14.3. The first-order valence-corrected chi connectivity index (χ1v) is 9.03. The van der Waals surface area contributed by atoms with Crippen LogP contribution in [0.4, 0.5) is 0 Å². The van der Waals surface area contributed by atoms with Crippen LogP contribution in [0.15, 0.2) is 29.1 Å². The number of nitrogens with two attached hydrogens (primary N) is 2. The predicted octanol–water partition coefficient (Wildman–Crippen LogP) is 0.618. The van der Waals surface area contributed by atoms with Crippen molar-refractivity contribution in [3.05, 3.63) is 39.4 Å². The van der Waals surface area contributed by atoms with Gasteiger partial charge < -0.3 is 35.0 Å². The molecule has 0 bridgehead atoms. The molecule has 30 heavy (non-hydrogen) atoms. The lowest BCUT2D eigenvalue weighted by molar-refractivity contribution is -0.130. The number of nitrogens with zero attached hydrogens (tertiary/aromatic N) is 1. The van der Waals surface area contributed by atoms with Crippen LogP contribution in [-0.4, -0.2) is 56.0 Å². The zero-order valence-electron chi connectivity index (χ0n) is 16.7. The van der Waals surface area contributed by atoms with Crippen LogP contribution in [-0.2, 0) is 20.8 Å². The van der Waals surface area contributed by atoms with E-state index in [1.165, 1.54) is 6.07 Å². The van der Waals surface area contributed by atoms with Gasteiger partial charge in [-0.15, -0.1) is 0 Å². The molecule has 2 aromatic rings. The second-order valence-electron chi connectivity index (χ2n) is 5.58. The van der Waals surface area contributed by atoms with Gasteiger partial charge in [0.05, 0.1) is 33.1 Å². The molecule has 0 aliphatic heterocycles. The summed E-state index contributed by atoms with van der Waals surface area (Å²) < 4.78 is 22.6. The lowest BCUT2D eigenvalue weighted by Gasteiger charge is -2.16. The zero-order valence-corrected chi connectivity index (χ0v) is 17.5. The number of hydrogen-bond donors (Lipinski definition) is 4. The topological polar surface area (TPSA) is 168 Å². The van der Waals surface area contributed by atoms with E-state index in [4.69, 9.17) is 31.8 Å². The maximum atomic E-state index is 11.9. The van der Waals surface area contributed by atoms with Gasteiger partial charge >= 0.3 is 0 Å². The van der Waals surface area contributed by atoms with Gasteiger partial charge in [-0.05, 0) is 24.4 Å². The van der Waals surface area contributed by atoms with Gasteiger partial charge in [0.25, 0.3) is 12.0 Å². The molecule has 12 heteroatoms. The number of aromatic nitrogens is 2. The number of nitrogens with one attached hydrogen (secondary N) is 2. The van der Waals surface area contributed by atoms with Crippen molar-refractivity contribution in [2.24, 2.45) is 11.5 Å². The summed E-state index contributed by atoms with van der Waals surface area (Å²) in [6.45, 7) is 1.56. The van der Waals surface area contributed by atoms with E-state index >= 15 is 0 Å². The minimum absolute atomic E-state index is 0.180. The Hall–Kier alpha value is -3.38. The maximum absolute atomic E-state index is 11.9. The summed E-state index contributed by atoms with van der Waals surface area (Å²) >= 11 is 5.29. The molecule has 0 atom stereocenters. The first-order valence-electron chi connectivity index (χ1n) is 8.63. The lowest BCUT2D eigenvalue weighted by atomic mass is 10.1. The highest BCUT2D eigenvalue weighted by molar-refractivity contribution is 7.71. The number of aromatic amines is 1. The molecule has 1 aromatic heterocycles. The molecular formula is C18H25N5O6S. The Labute approximate surface area is 178 Å². The van der Waals surface area contributed by atoms with Crippen LogP contribution >= 0.6 is 12.2 Å². The number of methoxy groups -OCH3 is 2. The lowest BCUT2D eigenvalue weighted by Crippen LogP contribution is -2.20. The van der Waals surface area contributed by atoms with E-state index in [9.17, 15) is 9.59 Å². The molecule has 0 saturated carbocycles. The average molecular weight is 439 g/mol. The molecule has 164 valence electrons. The van der Waals surface area contributed by atoms with E-state index in [1.54, 1.807) is 37.0 Å². The fraction of sp³-hybridized carbons (Fsp3) is 0.333. The first kappa shape index (κ1) is 24.7. The summed E-state index contributed by atoms with van der Waals surface area (Å²) in [6, 6.07) is 6.77. The van der Waals surface area contributed by atoms with Crippen molar-refractivity contribution in [2.45, 2.75) is 6.54 Å². The van der Waals surface area contributed by atoms with Crippen molar-refractivity contribution in [1.29, 1.82) is 5.41 Å². The Morgan fingerprint density at radius 2 is 1.90 bits per heavy atom. The molecule has 1 aromatic carbocycles. The fourth-order valence-corrected chi connectivity index (χ4v) is 2.68. The predicted molar refractivity (Wildman–Crippen MR) is 113 cm³/mol. The Morgan fingerprint density at radius 3 is 2.50 bits per heavy atom. The van der Waals surface area contributed by atoms with Gasteiger partial charge in [0.15, 0.2) is 10.7 Å². The maximum Gasteiger partial charge on any atom is 0.293 e. The van der Waals surface area contributed by atoms with Crippen molar-refractivity contribution < 1.29 is 23.7 Å². The molecule has 0 aliphatic rings. The third-order valence-corrected chi connectivity index (χ3v) is 3.91. The number of rotatable bonds is 10. The van der Waals surface area contributed by atoms with Crippen LogP contribution in [0.25, 0.3) is 11.3 Å². The highest BCUT2D eigenvalue weighted by Crippen LogP contribution is 2.32. The van der Waals surface area contributed by atoms with Gasteiger partial charge in [-0.2, -0.15) is 0 Å². The van der Waals surface area contributed by atoms with Crippen LogP contribution in [0, 0.1) is 10.2 Å². The molecule has 6 N–H and O–H groups in total. The zero-order chi connectivity index (χ0) is 22.5. The van der Waals surface area contributed by atoms with Crippen LogP contribution in [0.5, 0.6) is 11.5 Å². The molecule has 0 aliphatic carbocycles. The van der Waals surface area contributed by atoms with Crippen LogP contribution in [0.3, 0.4) is 0 Å². The smallest absolute Gasteiger partial charge is 0.293 e. The van der Waals surface area contributed by atoms with Gasteiger partial charge in [-0.25, -0.2) is 0 Å². The van der Waals surface area contributed by atoms with Crippen LogP contribution < -0.4 is 26.5 Å². The fourth-order valence-electron chi connectivity index (χ4n) is 2.39. The molecule has 0 saturated heterocycles. The quantitative estimate of drug-likeness (QED) is 0.136. The van der Waals surface area contributed by atoms with Gasteiger partial charge in [0.2, 0.25) is 0 Å². The highest BCUT2D eigenvalue weighted by Gasteiger charge is 2.13. The van der Waals surface area contributed by atoms with E-state index in [1.807, 2.05) is 0 Å². The number of ether oxygens (including phenoxy) is 4. The highest BCUT2D eigenvalue weighted by atomic mass is 32.1. The average Bonchev–Trinajstić information content (AvgIpc) is 2.70. The number of carbonyl (C=O) groups is 1. The minimum Gasteiger partial charge on any atom is -0.497 e. The summed E-state index contributed by atoms with van der Waals surface area (Å²) in [7, 11) is 3.11. The van der Waals surface area contributed by atoms with Crippen molar-refractivity contribution in [3.8, 4) is 22.8 Å². The summed E-state index contributed by atoms with van der Waals surface area (Å²) in [4.78, 5) is 24.6. The SMILES string of the molecule is COc1ccc(-c2cc(=O)[nH]c(=S)n2CCOCCOC=O)c(OC)c1.N=C(N)N. The monoisotopic (exact) mass is 439 g/mol. The van der Waals surface area contributed by atoms with Crippen molar-refractivity contribution >= 4 is 24.6 Å². The molecule has 2 rings (SSSR count). The Balaban J connectivity index is 0.00000103. The largest absolute Gasteiger partial charge is 0.497 e. The van der Waals surface area contributed by atoms with E-state index in [0.29, 0.717) is 42.4 Å². The third-order valence-electron chi connectivity index (χ3n) is 3.59. The second kappa shape index (κ2) is 13.0. The van der Waals surface area contributed by atoms with Crippen molar-refractivity contribution in [3.63, 3.8) is 0 Å². The standard InChI is InChI=1S/C17H20N2O6S.CH5N3/c1-22-12-3-4-13(15(9-12)23-2)14-10-16(21)18-17(26)19(14)5-6-24-7-8-25-11-20;2-1(3)4/h3-4,9-11H,5-8H2,1-2H3,(H,18,21,26);(H5,2,3,4). The number of guanidine groups is 1. The van der Waals surface area contributed by atoms with E-state index < -0.39 is 0 Å². The Morgan fingerprint density at radius 1 is 1.20 bits per heavy atom. The van der Waals surface area contributed by atoms with Crippen LogP contribution in [0.1, 0.15) is 0 Å². The minimum atomic E-state index is -0.333. The van der Waals surface area contributed by atoms with Crippen LogP contribution in [0.2, 0.25) is 0 Å². The summed E-state index contributed by atoms with van der Waals surface area (Å²) in [5.41, 5.74) is 9.94. The molecular weight excluding hydrogens is 414 g/mol. The van der Waals surface area contributed by atoms with Gasteiger partial charge in [0.1, 0.15) is 18.1 Å². The van der Waals surface area contributed by atoms with Gasteiger partial charge in [-0.3, -0.25) is 20.0 Å². The van der Waals surface area contributed by atoms with Gasteiger partial charge in [0, 0.05) is 24.2 Å². The molecule has 0 amide bonds. The number of H-pyrrole nitrogens is 1. The number of carbonyl (C=O) groups excluding carboxylic acids is 1.